The minimum atomic E-state index is -0.473. The normalized spacial score (nSPS) is 10.6. The van der Waals surface area contributed by atoms with Crippen LogP contribution < -0.4 is 20.1 Å². The summed E-state index contributed by atoms with van der Waals surface area (Å²) in [5, 5.41) is 18.3. The topological polar surface area (TPSA) is 85.7 Å². The van der Waals surface area contributed by atoms with Crippen LogP contribution in [0.25, 0.3) is 0 Å². The van der Waals surface area contributed by atoms with Crippen molar-refractivity contribution in [2.24, 2.45) is 0 Å². The number of hydrogen-bond donors (Lipinski definition) is 2. The summed E-state index contributed by atoms with van der Waals surface area (Å²) in [6.07, 6.45) is 0. The molecule has 0 radical (unpaired) electrons. The van der Waals surface area contributed by atoms with E-state index in [1.807, 2.05) is 42.5 Å². The van der Waals surface area contributed by atoms with Crippen LogP contribution in [0.5, 0.6) is 11.5 Å². The van der Waals surface area contributed by atoms with Crippen LogP contribution in [0.3, 0.4) is 0 Å². The Kier molecular flexibility index (Phi) is 8.56. The molecule has 9 heteroatoms. The van der Waals surface area contributed by atoms with Crippen LogP contribution in [0.1, 0.15) is 11.1 Å². The zero-order chi connectivity index (χ0) is 22.9. The molecule has 0 aromatic heterocycles. The highest BCUT2D eigenvalue weighted by atomic mass is 35.5. The summed E-state index contributed by atoms with van der Waals surface area (Å²) in [6, 6.07) is 17.7. The van der Waals surface area contributed by atoms with Crippen molar-refractivity contribution >= 4 is 34.6 Å². The van der Waals surface area contributed by atoms with Gasteiger partial charge in [-0.15, -0.1) is 0 Å². The summed E-state index contributed by atoms with van der Waals surface area (Å²) >= 11 is 12.0. The fraction of sp³-hybridized carbons (Fsp3) is 0.217. The Balaban J connectivity index is 1.46. The number of hydrogen-bond acceptors (Lipinski definition) is 6. The smallest absolute Gasteiger partial charge is 0.271 e. The lowest BCUT2D eigenvalue weighted by Crippen LogP contribution is -2.21. The van der Waals surface area contributed by atoms with Crippen molar-refractivity contribution in [3.8, 4) is 11.5 Å². The van der Waals surface area contributed by atoms with Gasteiger partial charge in [0.05, 0.1) is 22.7 Å². The van der Waals surface area contributed by atoms with Gasteiger partial charge in [0, 0.05) is 36.8 Å². The van der Waals surface area contributed by atoms with Gasteiger partial charge in [-0.1, -0.05) is 41.4 Å². The lowest BCUT2D eigenvalue weighted by atomic mass is 10.2. The van der Waals surface area contributed by atoms with Crippen molar-refractivity contribution in [3.05, 3.63) is 92.0 Å². The number of nitro groups is 1. The Labute approximate surface area is 196 Å². The molecule has 0 fully saturated rings. The number of anilines is 1. The van der Waals surface area contributed by atoms with Gasteiger partial charge < -0.3 is 20.1 Å². The molecule has 3 rings (SSSR count). The second kappa shape index (κ2) is 11.6. The number of halogens is 2. The molecule has 0 aliphatic carbocycles. The minimum absolute atomic E-state index is 0.0341. The molecule has 0 amide bonds. The Hall–Kier alpha value is -3.00. The number of methoxy groups -OCH3 is 1. The number of ether oxygens (including phenoxy) is 2. The number of nitro benzene ring substituents is 1. The second-order valence-corrected chi connectivity index (χ2v) is 7.77. The Morgan fingerprint density at radius 3 is 2.38 bits per heavy atom. The molecule has 3 aromatic rings. The van der Waals surface area contributed by atoms with E-state index in [0.29, 0.717) is 53.5 Å². The first-order valence-electron chi connectivity index (χ1n) is 9.89. The highest BCUT2D eigenvalue weighted by Gasteiger charge is 2.09. The van der Waals surface area contributed by atoms with Gasteiger partial charge in [0.25, 0.3) is 5.69 Å². The van der Waals surface area contributed by atoms with Crippen molar-refractivity contribution in [2.75, 3.05) is 25.5 Å². The molecule has 0 atom stereocenters. The molecule has 0 bridgehead atoms. The standard InChI is InChI=1S/C23H23Cl2N3O4/c1-31-23-12-17(4-9-22(23)32-15-16-2-5-18(24)6-3-16)14-26-10-11-27-21-8-7-19(28(29)30)13-20(21)25/h2-9,12-13,26-27H,10-11,14-15H2,1H3. The zero-order valence-electron chi connectivity index (χ0n) is 17.4. The highest BCUT2D eigenvalue weighted by Crippen LogP contribution is 2.29. The lowest BCUT2D eigenvalue weighted by Gasteiger charge is -2.13. The number of benzene rings is 3. The fourth-order valence-corrected chi connectivity index (χ4v) is 3.33. The van der Waals surface area contributed by atoms with Gasteiger partial charge in [0.15, 0.2) is 11.5 Å². The van der Waals surface area contributed by atoms with E-state index in [1.165, 1.54) is 12.1 Å². The third-order valence-corrected chi connectivity index (χ3v) is 5.21. The maximum absolute atomic E-state index is 10.8. The van der Waals surface area contributed by atoms with Crippen molar-refractivity contribution in [1.82, 2.24) is 5.32 Å². The third kappa shape index (κ3) is 6.75. The van der Waals surface area contributed by atoms with Gasteiger partial charge in [-0.2, -0.15) is 0 Å². The first-order valence-corrected chi connectivity index (χ1v) is 10.6. The summed E-state index contributed by atoms with van der Waals surface area (Å²) in [5.74, 6) is 1.33. The third-order valence-electron chi connectivity index (χ3n) is 4.65. The number of nitrogens with zero attached hydrogens (tertiary/aromatic N) is 1. The van der Waals surface area contributed by atoms with E-state index in [9.17, 15) is 10.1 Å². The summed E-state index contributed by atoms with van der Waals surface area (Å²) in [7, 11) is 1.61. The minimum Gasteiger partial charge on any atom is -0.493 e. The Bertz CT molecular complexity index is 1060. The van der Waals surface area contributed by atoms with Crippen LogP contribution in [0.2, 0.25) is 10.0 Å². The van der Waals surface area contributed by atoms with Gasteiger partial charge >= 0.3 is 0 Å². The number of nitrogens with one attached hydrogen (secondary N) is 2. The first kappa shape index (κ1) is 23.7. The molecule has 3 aromatic carbocycles. The molecule has 32 heavy (non-hydrogen) atoms. The molecule has 168 valence electrons. The van der Waals surface area contributed by atoms with Crippen molar-refractivity contribution < 1.29 is 14.4 Å². The van der Waals surface area contributed by atoms with E-state index in [0.717, 1.165) is 11.1 Å². The first-order chi connectivity index (χ1) is 15.5. The largest absolute Gasteiger partial charge is 0.493 e. The van der Waals surface area contributed by atoms with Crippen molar-refractivity contribution in [2.45, 2.75) is 13.2 Å². The zero-order valence-corrected chi connectivity index (χ0v) is 18.9. The van der Waals surface area contributed by atoms with Crippen LogP contribution in [0.4, 0.5) is 11.4 Å². The molecule has 0 aliphatic rings. The molecular formula is C23H23Cl2N3O4. The average molecular weight is 476 g/mol. The summed E-state index contributed by atoms with van der Waals surface area (Å²) in [5.41, 5.74) is 2.69. The van der Waals surface area contributed by atoms with Gasteiger partial charge in [-0.3, -0.25) is 10.1 Å². The maximum atomic E-state index is 10.8. The number of rotatable bonds is 11. The molecule has 0 aliphatic heterocycles. The van der Waals surface area contributed by atoms with Gasteiger partial charge in [0.2, 0.25) is 0 Å². The molecular weight excluding hydrogens is 453 g/mol. The van der Waals surface area contributed by atoms with Crippen LogP contribution in [0.15, 0.2) is 60.7 Å². The van der Waals surface area contributed by atoms with E-state index < -0.39 is 4.92 Å². The maximum Gasteiger partial charge on any atom is 0.271 e. The van der Waals surface area contributed by atoms with E-state index in [1.54, 1.807) is 13.2 Å². The van der Waals surface area contributed by atoms with E-state index in [4.69, 9.17) is 32.7 Å². The average Bonchev–Trinajstić information content (AvgIpc) is 2.79. The lowest BCUT2D eigenvalue weighted by molar-refractivity contribution is -0.384. The predicted octanol–water partition coefficient (Wildman–Crippen LogP) is 5.69. The SMILES string of the molecule is COc1cc(CNCCNc2ccc([N+](=O)[O-])cc2Cl)ccc1OCc1ccc(Cl)cc1. The summed E-state index contributed by atoms with van der Waals surface area (Å²) in [4.78, 5) is 10.3. The predicted molar refractivity (Wildman–Crippen MR) is 127 cm³/mol. The molecule has 2 N–H and O–H groups in total. The van der Waals surface area contributed by atoms with Crippen LogP contribution in [-0.2, 0) is 13.2 Å². The summed E-state index contributed by atoms with van der Waals surface area (Å²) < 4.78 is 11.4. The molecule has 7 nitrogen and oxygen atoms in total. The molecule has 0 saturated carbocycles. The van der Waals surface area contributed by atoms with Crippen molar-refractivity contribution in [3.63, 3.8) is 0 Å². The van der Waals surface area contributed by atoms with Gasteiger partial charge in [0.1, 0.15) is 6.61 Å². The Morgan fingerprint density at radius 1 is 0.938 bits per heavy atom. The number of non-ortho nitro benzene ring substituents is 1. The molecule has 0 unspecified atom stereocenters. The second-order valence-electron chi connectivity index (χ2n) is 6.93. The quantitative estimate of drug-likeness (QED) is 0.210. The van der Waals surface area contributed by atoms with E-state index in [-0.39, 0.29) is 5.69 Å². The van der Waals surface area contributed by atoms with Gasteiger partial charge in [-0.25, -0.2) is 0 Å². The van der Waals surface area contributed by atoms with E-state index >= 15 is 0 Å². The highest BCUT2D eigenvalue weighted by molar-refractivity contribution is 6.33. The van der Waals surface area contributed by atoms with E-state index in [2.05, 4.69) is 10.6 Å². The van der Waals surface area contributed by atoms with Crippen LogP contribution >= 0.6 is 23.2 Å². The van der Waals surface area contributed by atoms with Gasteiger partial charge in [-0.05, 0) is 41.5 Å². The van der Waals surface area contributed by atoms with Crippen LogP contribution in [-0.4, -0.2) is 25.1 Å². The fourth-order valence-electron chi connectivity index (χ4n) is 2.96. The Morgan fingerprint density at radius 2 is 1.69 bits per heavy atom. The molecule has 0 saturated heterocycles. The molecule has 0 spiro atoms. The molecule has 0 heterocycles. The monoisotopic (exact) mass is 475 g/mol. The van der Waals surface area contributed by atoms with Crippen molar-refractivity contribution in [1.29, 1.82) is 0 Å². The summed E-state index contributed by atoms with van der Waals surface area (Å²) in [6.45, 7) is 2.34. The van der Waals surface area contributed by atoms with Crippen LogP contribution in [0, 0.1) is 10.1 Å².